The van der Waals surface area contributed by atoms with Crippen molar-refractivity contribution in [3.63, 3.8) is 0 Å². The summed E-state index contributed by atoms with van der Waals surface area (Å²) in [5.74, 6) is 2.45. The van der Waals surface area contributed by atoms with E-state index >= 15 is 0 Å². The van der Waals surface area contributed by atoms with Crippen LogP contribution in [0.1, 0.15) is 54.4 Å². The van der Waals surface area contributed by atoms with Crippen LogP contribution in [0.4, 0.5) is 0 Å². The molecule has 0 aliphatic carbocycles. The van der Waals surface area contributed by atoms with Gasteiger partial charge in [-0.25, -0.2) is 0 Å². The number of hydrogen-bond acceptors (Lipinski definition) is 0. The second-order valence-electron chi connectivity index (χ2n) is 4.27. The maximum atomic E-state index is 2.35. The minimum absolute atomic E-state index is 0.447. The average molecular weight is 155 g/mol. The predicted molar refractivity (Wildman–Crippen MR) is 52.4 cm³/mol. The van der Waals surface area contributed by atoms with Crippen LogP contribution in [0.3, 0.4) is 0 Å². The monoisotopic (exact) mass is 155 g/mol. The van der Waals surface area contributed by atoms with Gasteiger partial charge in [0.2, 0.25) is 0 Å². The number of rotatable bonds is 4. The molecule has 0 aliphatic heterocycles. The lowest BCUT2D eigenvalue weighted by Crippen LogP contribution is -2.24. The highest BCUT2D eigenvalue weighted by molar-refractivity contribution is 5.03. The van der Waals surface area contributed by atoms with Gasteiger partial charge in [-0.1, -0.05) is 48.0 Å². The van der Waals surface area contributed by atoms with Gasteiger partial charge in [0.25, 0.3) is 0 Å². The molecule has 0 bridgehead atoms. The Labute approximate surface area is 72.4 Å². The van der Waals surface area contributed by atoms with Gasteiger partial charge in [0.1, 0.15) is 0 Å². The van der Waals surface area contributed by atoms with E-state index in [2.05, 4.69) is 41.5 Å². The minimum atomic E-state index is 0.447. The SMILES string of the molecule is CC[C](C(C)C)C(C)(C)CC. The first kappa shape index (κ1) is 11.0. The molecular weight excluding hydrogens is 132 g/mol. The van der Waals surface area contributed by atoms with Crippen LogP contribution in [0.5, 0.6) is 0 Å². The number of hydrogen-bond donors (Lipinski definition) is 0. The normalized spacial score (nSPS) is 13.1. The molecule has 0 heterocycles. The van der Waals surface area contributed by atoms with Crippen LogP contribution in [-0.4, -0.2) is 0 Å². The van der Waals surface area contributed by atoms with Crippen LogP contribution in [0, 0.1) is 17.3 Å². The maximum absolute atomic E-state index is 2.35. The quantitative estimate of drug-likeness (QED) is 0.574. The molecule has 0 atom stereocenters. The van der Waals surface area contributed by atoms with Gasteiger partial charge in [0, 0.05) is 0 Å². The lowest BCUT2D eigenvalue weighted by Gasteiger charge is -2.35. The lowest BCUT2D eigenvalue weighted by molar-refractivity contribution is 0.305. The Morgan fingerprint density at radius 2 is 1.64 bits per heavy atom. The summed E-state index contributed by atoms with van der Waals surface area (Å²) in [7, 11) is 0. The van der Waals surface area contributed by atoms with Gasteiger partial charge >= 0.3 is 0 Å². The third kappa shape index (κ3) is 2.84. The Bertz CT molecular complexity index is 101. The van der Waals surface area contributed by atoms with Gasteiger partial charge in [-0.3, -0.25) is 0 Å². The first-order valence-corrected chi connectivity index (χ1v) is 4.81. The van der Waals surface area contributed by atoms with Crippen molar-refractivity contribution in [3.05, 3.63) is 5.92 Å². The van der Waals surface area contributed by atoms with Crippen LogP contribution >= 0.6 is 0 Å². The molecule has 0 aromatic heterocycles. The molecule has 67 valence electrons. The molecule has 0 N–H and O–H groups in total. The fourth-order valence-electron chi connectivity index (χ4n) is 1.90. The summed E-state index contributed by atoms with van der Waals surface area (Å²) in [5.41, 5.74) is 0.447. The van der Waals surface area contributed by atoms with Gasteiger partial charge < -0.3 is 0 Å². The van der Waals surface area contributed by atoms with Crippen molar-refractivity contribution in [2.45, 2.75) is 54.4 Å². The van der Waals surface area contributed by atoms with Gasteiger partial charge in [-0.05, 0) is 23.7 Å². The van der Waals surface area contributed by atoms with Crippen molar-refractivity contribution in [2.24, 2.45) is 11.3 Å². The molecule has 0 heteroatoms. The molecule has 0 spiro atoms. The Kier molecular flexibility index (Phi) is 4.13. The van der Waals surface area contributed by atoms with E-state index in [1.54, 1.807) is 5.92 Å². The van der Waals surface area contributed by atoms with E-state index < -0.39 is 0 Å². The van der Waals surface area contributed by atoms with E-state index in [-0.39, 0.29) is 0 Å². The molecule has 0 saturated carbocycles. The molecular formula is C11H23. The summed E-state index contributed by atoms with van der Waals surface area (Å²) in [4.78, 5) is 0. The highest BCUT2D eigenvalue weighted by Crippen LogP contribution is 2.39. The molecule has 0 unspecified atom stereocenters. The zero-order valence-electron chi connectivity index (χ0n) is 8.99. The van der Waals surface area contributed by atoms with E-state index in [9.17, 15) is 0 Å². The zero-order valence-corrected chi connectivity index (χ0v) is 8.99. The van der Waals surface area contributed by atoms with Gasteiger partial charge in [-0.15, -0.1) is 0 Å². The molecule has 0 aliphatic rings. The summed E-state index contributed by atoms with van der Waals surface area (Å²) < 4.78 is 0. The topological polar surface area (TPSA) is 0 Å². The Balaban J connectivity index is 4.23. The summed E-state index contributed by atoms with van der Waals surface area (Å²) in [5, 5.41) is 0. The van der Waals surface area contributed by atoms with E-state index in [4.69, 9.17) is 0 Å². The highest BCUT2D eigenvalue weighted by Gasteiger charge is 2.28. The zero-order chi connectivity index (χ0) is 9.07. The minimum Gasteiger partial charge on any atom is -0.0649 e. The van der Waals surface area contributed by atoms with Crippen molar-refractivity contribution < 1.29 is 0 Å². The second-order valence-corrected chi connectivity index (χ2v) is 4.27. The van der Waals surface area contributed by atoms with Crippen molar-refractivity contribution in [1.29, 1.82) is 0 Å². The molecule has 0 amide bonds. The van der Waals surface area contributed by atoms with E-state index in [1.165, 1.54) is 12.8 Å². The maximum Gasteiger partial charge on any atom is -0.0162 e. The molecule has 0 rings (SSSR count). The summed E-state index contributed by atoms with van der Waals surface area (Å²) >= 11 is 0. The van der Waals surface area contributed by atoms with Crippen LogP contribution in [0.2, 0.25) is 0 Å². The Morgan fingerprint density at radius 3 is 1.73 bits per heavy atom. The Morgan fingerprint density at radius 1 is 1.18 bits per heavy atom. The third-order valence-corrected chi connectivity index (χ3v) is 2.83. The standard InChI is InChI=1S/C11H23/c1-7-10(9(3)4)11(5,6)8-2/h9H,7-8H2,1-6H3. The van der Waals surface area contributed by atoms with Crippen molar-refractivity contribution in [2.75, 3.05) is 0 Å². The van der Waals surface area contributed by atoms with Gasteiger partial charge in [0.05, 0.1) is 0 Å². The fourth-order valence-corrected chi connectivity index (χ4v) is 1.90. The molecule has 11 heavy (non-hydrogen) atoms. The van der Waals surface area contributed by atoms with E-state index in [0.29, 0.717) is 5.41 Å². The average Bonchev–Trinajstić information content (AvgIpc) is 1.88. The smallest absolute Gasteiger partial charge is 0.0162 e. The second kappa shape index (κ2) is 4.13. The van der Waals surface area contributed by atoms with Crippen molar-refractivity contribution >= 4 is 0 Å². The summed E-state index contributed by atoms with van der Waals surface area (Å²) in [6.07, 6.45) is 2.49. The van der Waals surface area contributed by atoms with Crippen molar-refractivity contribution in [3.8, 4) is 0 Å². The van der Waals surface area contributed by atoms with Crippen LogP contribution in [0.25, 0.3) is 0 Å². The fraction of sp³-hybridized carbons (Fsp3) is 0.909. The summed E-state index contributed by atoms with van der Waals surface area (Å²) in [6, 6.07) is 0. The van der Waals surface area contributed by atoms with Crippen LogP contribution in [0.15, 0.2) is 0 Å². The molecule has 0 nitrogen and oxygen atoms in total. The van der Waals surface area contributed by atoms with E-state index in [1.807, 2.05) is 0 Å². The molecule has 1 radical (unpaired) electrons. The Hall–Kier alpha value is 0. The summed E-state index contributed by atoms with van der Waals surface area (Å²) in [6.45, 7) is 13.9. The van der Waals surface area contributed by atoms with Gasteiger partial charge in [0.15, 0.2) is 0 Å². The first-order chi connectivity index (χ1) is 4.95. The predicted octanol–water partition coefficient (Wildman–Crippen LogP) is 4.06. The largest absolute Gasteiger partial charge is 0.0649 e. The molecule has 0 aromatic rings. The molecule has 0 saturated heterocycles. The van der Waals surface area contributed by atoms with E-state index in [0.717, 1.165) is 5.92 Å². The first-order valence-electron chi connectivity index (χ1n) is 4.81. The lowest BCUT2D eigenvalue weighted by atomic mass is 9.70. The molecule has 0 fully saturated rings. The van der Waals surface area contributed by atoms with Crippen molar-refractivity contribution in [1.82, 2.24) is 0 Å². The highest BCUT2D eigenvalue weighted by atomic mass is 14.3. The molecule has 0 aromatic carbocycles. The third-order valence-electron chi connectivity index (χ3n) is 2.83. The van der Waals surface area contributed by atoms with Crippen LogP contribution in [-0.2, 0) is 0 Å². The van der Waals surface area contributed by atoms with Gasteiger partial charge in [-0.2, -0.15) is 0 Å². The van der Waals surface area contributed by atoms with Crippen LogP contribution < -0.4 is 0 Å².